The van der Waals surface area contributed by atoms with Gasteiger partial charge in [0, 0.05) is 30.9 Å². The van der Waals surface area contributed by atoms with Crippen LogP contribution < -0.4 is 5.32 Å². The normalized spacial score (nSPS) is 17.6. The van der Waals surface area contributed by atoms with Crippen molar-refractivity contribution in [2.75, 3.05) is 19.6 Å². The lowest BCUT2D eigenvalue weighted by molar-refractivity contribution is 0.0947. The number of aromatic amines is 1. The summed E-state index contributed by atoms with van der Waals surface area (Å²) in [6, 6.07) is 10.8. The number of nitrogens with zero attached hydrogens (tertiary/aromatic N) is 3. The van der Waals surface area contributed by atoms with Gasteiger partial charge >= 0.3 is 0 Å². The van der Waals surface area contributed by atoms with Crippen LogP contribution in [-0.2, 0) is 6.54 Å². The van der Waals surface area contributed by atoms with Gasteiger partial charge in [-0.2, -0.15) is 10.4 Å². The van der Waals surface area contributed by atoms with E-state index in [4.69, 9.17) is 5.26 Å². The van der Waals surface area contributed by atoms with Gasteiger partial charge in [0.15, 0.2) is 0 Å². The molecular formula is C18H21N5O. The van der Waals surface area contributed by atoms with Crippen molar-refractivity contribution >= 4 is 5.91 Å². The predicted molar refractivity (Wildman–Crippen MR) is 90.2 cm³/mol. The van der Waals surface area contributed by atoms with Crippen LogP contribution in [0.1, 0.15) is 33.7 Å². The molecule has 0 saturated carbocycles. The molecule has 1 aliphatic rings. The van der Waals surface area contributed by atoms with Gasteiger partial charge in [-0.3, -0.25) is 14.8 Å². The number of aryl methyl sites for hydroxylation is 1. The maximum absolute atomic E-state index is 12.2. The number of H-pyrrole nitrogens is 1. The predicted octanol–water partition coefficient (Wildman–Crippen LogP) is 1.84. The fraction of sp³-hybridized carbons (Fsp3) is 0.389. The minimum absolute atomic E-state index is 0.0825. The van der Waals surface area contributed by atoms with Gasteiger partial charge in [-0.1, -0.05) is 0 Å². The second kappa shape index (κ2) is 7.28. The number of carbonyl (C=O) groups excluding carboxylic acids is 1. The summed E-state index contributed by atoms with van der Waals surface area (Å²) in [7, 11) is 0. The van der Waals surface area contributed by atoms with Crippen LogP contribution in [0.15, 0.2) is 30.3 Å². The van der Waals surface area contributed by atoms with Gasteiger partial charge in [-0.15, -0.1) is 0 Å². The Hall–Kier alpha value is -2.65. The zero-order chi connectivity index (χ0) is 16.9. The van der Waals surface area contributed by atoms with E-state index in [0.29, 0.717) is 23.6 Å². The number of rotatable bonds is 5. The third kappa shape index (κ3) is 4.00. The summed E-state index contributed by atoms with van der Waals surface area (Å²) in [6.45, 7) is 5.53. The topological polar surface area (TPSA) is 84.8 Å². The molecule has 0 radical (unpaired) electrons. The Morgan fingerprint density at radius 1 is 1.46 bits per heavy atom. The van der Waals surface area contributed by atoms with Crippen LogP contribution in [0.2, 0.25) is 0 Å². The number of nitrogens with one attached hydrogen (secondary N) is 2. The molecule has 1 atom stereocenters. The van der Waals surface area contributed by atoms with Crippen molar-refractivity contribution in [1.29, 1.82) is 5.26 Å². The molecule has 6 heteroatoms. The highest BCUT2D eigenvalue weighted by atomic mass is 16.1. The van der Waals surface area contributed by atoms with Gasteiger partial charge < -0.3 is 5.32 Å². The molecule has 2 aromatic rings. The van der Waals surface area contributed by atoms with Crippen LogP contribution in [0.3, 0.4) is 0 Å². The first kappa shape index (κ1) is 16.2. The van der Waals surface area contributed by atoms with Gasteiger partial charge in [0.2, 0.25) is 0 Å². The van der Waals surface area contributed by atoms with Crippen LogP contribution in [0, 0.1) is 24.2 Å². The maximum Gasteiger partial charge on any atom is 0.251 e. The minimum Gasteiger partial charge on any atom is -0.352 e. The number of likely N-dealkylation sites (tertiary alicyclic amines) is 1. The monoisotopic (exact) mass is 323 g/mol. The first-order valence-electron chi connectivity index (χ1n) is 8.15. The molecule has 0 aliphatic carbocycles. The average Bonchev–Trinajstić information content (AvgIpc) is 3.22. The van der Waals surface area contributed by atoms with E-state index in [1.165, 1.54) is 0 Å². The van der Waals surface area contributed by atoms with E-state index in [2.05, 4.69) is 32.5 Å². The van der Waals surface area contributed by atoms with Crippen molar-refractivity contribution in [3.8, 4) is 6.07 Å². The van der Waals surface area contributed by atoms with Crippen molar-refractivity contribution in [2.24, 2.45) is 5.92 Å². The first-order chi connectivity index (χ1) is 11.6. The number of hydrogen-bond donors (Lipinski definition) is 2. The molecule has 24 heavy (non-hydrogen) atoms. The molecule has 2 heterocycles. The molecule has 1 aromatic heterocycles. The number of nitriles is 1. The van der Waals surface area contributed by atoms with E-state index in [0.717, 1.165) is 37.4 Å². The van der Waals surface area contributed by atoms with Crippen molar-refractivity contribution in [3.05, 3.63) is 52.8 Å². The highest BCUT2D eigenvalue weighted by Crippen LogP contribution is 2.18. The van der Waals surface area contributed by atoms with Crippen molar-refractivity contribution < 1.29 is 4.79 Å². The lowest BCUT2D eigenvalue weighted by Crippen LogP contribution is -2.31. The Labute approximate surface area is 141 Å². The van der Waals surface area contributed by atoms with E-state index in [1.807, 2.05) is 6.92 Å². The van der Waals surface area contributed by atoms with Crippen LogP contribution in [0.4, 0.5) is 0 Å². The van der Waals surface area contributed by atoms with Gasteiger partial charge in [-0.25, -0.2) is 0 Å². The third-order valence-corrected chi connectivity index (χ3v) is 4.34. The lowest BCUT2D eigenvalue weighted by atomic mass is 10.1. The zero-order valence-corrected chi connectivity index (χ0v) is 13.7. The molecular weight excluding hydrogens is 302 g/mol. The van der Waals surface area contributed by atoms with E-state index < -0.39 is 0 Å². The van der Waals surface area contributed by atoms with Gasteiger partial charge in [0.1, 0.15) is 0 Å². The summed E-state index contributed by atoms with van der Waals surface area (Å²) in [5, 5.41) is 19.0. The molecule has 1 amide bonds. The Kier molecular flexibility index (Phi) is 4.92. The van der Waals surface area contributed by atoms with E-state index in [1.54, 1.807) is 24.3 Å². The second-order valence-corrected chi connectivity index (χ2v) is 6.33. The first-order valence-corrected chi connectivity index (χ1v) is 8.15. The van der Waals surface area contributed by atoms with E-state index in [9.17, 15) is 4.79 Å². The molecule has 2 N–H and O–H groups in total. The molecule has 124 valence electrons. The van der Waals surface area contributed by atoms with Gasteiger partial charge in [-0.05, 0) is 56.1 Å². The van der Waals surface area contributed by atoms with Crippen LogP contribution in [0.5, 0.6) is 0 Å². The summed E-state index contributed by atoms with van der Waals surface area (Å²) in [5.74, 6) is 0.383. The number of amides is 1. The summed E-state index contributed by atoms with van der Waals surface area (Å²) < 4.78 is 0. The summed E-state index contributed by atoms with van der Waals surface area (Å²) >= 11 is 0. The number of carbonyl (C=O) groups is 1. The molecule has 6 nitrogen and oxygen atoms in total. The average molecular weight is 323 g/mol. The molecule has 3 rings (SSSR count). The van der Waals surface area contributed by atoms with Crippen molar-refractivity contribution in [2.45, 2.75) is 19.9 Å². The lowest BCUT2D eigenvalue weighted by Gasteiger charge is -2.15. The molecule has 1 saturated heterocycles. The van der Waals surface area contributed by atoms with Crippen LogP contribution >= 0.6 is 0 Å². The largest absolute Gasteiger partial charge is 0.352 e. The van der Waals surface area contributed by atoms with Gasteiger partial charge in [0.05, 0.1) is 17.3 Å². The summed E-state index contributed by atoms with van der Waals surface area (Å²) in [5.41, 5.74) is 3.30. The Bertz CT molecular complexity index is 744. The number of hydrogen-bond acceptors (Lipinski definition) is 4. The Morgan fingerprint density at radius 2 is 2.25 bits per heavy atom. The highest BCUT2D eigenvalue weighted by Gasteiger charge is 2.23. The Morgan fingerprint density at radius 3 is 2.92 bits per heavy atom. The highest BCUT2D eigenvalue weighted by molar-refractivity contribution is 5.94. The molecule has 0 bridgehead atoms. The molecule has 1 aromatic carbocycles. The molecule has 1 fully saturated rings. The molecule has 0 unspecified atom stereocenters. The van der Waals surface area contributed by atoms with Crippen LogP contribution in [0.25, 0.3) is 0 Å². The standard InChI is InChI=1S/C18H21N5O/c1-13-8-17(22-21-13)12-23-7-6-15(11-23)10-20-18(24)16-4-2-14(9-19)3-5-16/h2-5,8,15H,6-7,10-12H2,1H3,(H,20,24)(H,21,22)/t15-/m1/s1. The smallest absolute Gasteiger partial charge is 0.251 e. The van der Waals surface area contributed by atoms with Gasteiger partial charge in [0.25, 0.3) is 5.91 Å². The van der Waals surface area contributed by atoms with E-state index >= 15 is 0 Å². The third-order valence-electron chi connectivity index (χ3n) is 4.34. The SMILES string of the molecule is Cc1cc(CN2CC[C@H](CNC(=O)c3ccc(C#N)cc3)C2)n[nH]1. The van der Waals surface area contributed by atoms with E-state index in [-0.39, 0.29) is 5.91 Å². The number of aromatic nitrogens is 2. The van der Waals surface area contributed by atoms with Crippen LogP contribution in [-0.4, -0.2) is 40.6 Å². The molecule has 1 aliphatic heterocycles. The quantitative estimate of drug-likeness (QED) is 0.879. The maximum atomic E-state index is 12.2. The summed E-state index contributed by atoms with van der Waals surface area (Å²) in [4.78, 5) is 14.5. The Balaban J connectivity index is 1.45. The summed E-state index contributed by atoms with van der Waals surface area (Å²) in [6.07, 6.45) is 1.08. The fourth-order valence-corrected chi connectivity index (χ4v) is 3.04. The van der Waals surface area contributed by atoms with Crippen molar-refractivity contribution in [3.63, 3.8) is 0 Å². The van der Waals surface area contributed by atoms with Crippen molar-refractivity contribution in [1.82, 2.24) is 20.4 Å². The number of benzene rings is 1. The molecule has 0 spiro atoms. The minimum atomic E-state index is -0.0825. The fourth-order valence-electron chi connectivity index (χ4n) is 3.04. The zero-order valence-electron chi connectivity index (χ0n) is 13.7. The second-order valence-electron chi connectivity index (χ2n) is 6.33.